The second-order valence-corrected chi connectivity index (χ2v) is 9.42. The van der Waals surface area contributed by atoms with E-state index >= 15 is 0 Å². The number of aromatic nitrogens is 2. The summed E-state index contributed by atoms with van der Waals surface area (Å²) in [6.45, 7) is 6.61. The molecule has 180 valence electrons. The molecule has 2 fully saturated rings. The van der Waals surface area contributed by atoms with Crippen molar-refractivity contribution in [1.82, 2.24) is 20.0 Å². The molecular formula is C27H34N4O3. The van der Waals surface area contributed by atoms with Gasteiger partial charge in [0.25, 0.3) is 5.91 Å². The van der Waals surface area contributed by atoms with Gasteiger partial charge in [-0.2, -0.15) is 5.10 Å². The van der Waals surface area contributed by atoms with Crippen molar-refractivity contribution in [2.24, 2.45) is 5.92 Å². The van der Waals surface area contributed by atoms with Gasteiger partial charge in [0.05, 0.1) is 24.9 Å². The number of morpholine rings is 1. The maximum atomic E-state index is 13.2. The number of hydrogen-bond acceptors (Lipinski definition) is 5. The number of amides is 1. The predicted octanol–water partition coefficient (Wildman–Crippen LogP) is 3.76. The third kappa shape index (κ3) is 5.77. The zero-order valence-corrected chi connectivity index (χ0v) is 19.7. The SMILES string of the molecule is O=C(c1cccc(OCCN2CCOCC2)c1)N1CCCC(Cc2ccc3[nH]ncc3c2)CC1. The fourth-order valence-electron chi connectivity index (χ4n) is 5.04. The van der Waals surface area contributed by atoms with Gasteiger partial charge in [-0.15, -0.1) is 0 Å². The van der Waals surface area contributed by atoms with Crippen LogP contribution in [-0.2, 0) is 11.2 Å². The lowest BCUT2D eigenvalue weighted by Gasteiger charge is -2.26. The Morgan fingerprint density at radius 1 is 1.09 bits per heavy atom. The molecule has 2 aliphatic heterocycles. The Hall–Kier alpha value is -2.90. The summed E-state index contributed by atoms with van der Waals surface area (Å²) < 4.78 is 11.4. The van der Waals surface area contributed by atoms with E-state index in [-0.39, 0.29) is 5.91 Å². The fourth-order valence-corrected chi connectivity index (χ4v) is 5.04. The molecule has 7 heteroatoms. The molecule has 0 bridgehead atoms. The summed E-state index contributed by atoms with van der Waals surface area (Å²) in [4.78, 5) is 17.6. The summed E-state index contributed by atoms with van der Waals surface area (Å²) in [7, 11) is 0. The zero-order valence-electron chi connectivity index (χ0n) is 19.7. The van der Waals surface area contributed by atoms with E-state index in [0.29, 0.717) is 18.1 Å². The van der Waals surface area contributed by atoms with Gasteiger partial charge in [-0.1, -0.05) is 12.1 Å². The molecule has 3 aromatic rings. The molecule has 1 amide bonds. The molecule has 7 nitrogen and oxygen atoms in total. The zero-order chi connectivity index (χ0) is 23.2. The van der Waals surface area contributed by atoms with Crippen molar-refractivity contribution < 1.29 is 14.3 Å². The third-order valence-corrected chi connectivity index (χ3v) is 7.02. The minimum atomic E-state index is 0.110. The van der Waals surface area contributed by atoms with Gasteiger partial charge in [0, 0.05) is 43.7 Å². The average Bonchev–Trinajstić information content (AvgIpc) is 3.22. The maximum absolute atomic E-state index is 13.2. The van der Waals surface area contributed by atoms with Crippen LogP contribution >= 0.6 is 0 Å². The van der Waals surface area contributed by atoms with E-state index in [4.69, 9.17) is 9.47 Å². The summed E-state index contributed by atoms with van der Waals surface area (Å²) in [6, 6.07) is 14.2. The molecule has 0 spiro atoms. The van der Waals surface area contributed by atoms with E-state index in [1.165, 1.54) is 5.56 Å². The molecule has 0 radical (unpaired) electrons. The van der Waals surface area contributed by atoms with Gasteiger partial charge in [-0.3, -0.25) is 14.8 Å². The second kappa shape index (κ2) is 11.0. The highest BCUT2D eigenvalue weighted by Gasteiger charge is 2.22. The van der Waals surface area contributed by atoms with Crippen LogP contribution in [0.4, 0.5) is 0 Å². The summed E-state index contributed by atoms with van der Waals surface area (Å²) >= 11 is 0. The van der Waals surface area contributed by atoms with Crippen molar-refractivity contribution in [1.29, 1.82) is 0 Å². The first-order chi connectivity index (χ1) is 16.7. The first kappa shape index (κ1) is 22.9. The Balaban J connectivity index is 1.13. The topological polar surface area (TPSA) is 70.7 Å². The Bertz CT molecular complexity index is 1090. The Morgan fingerprint density at radius 3 is 2.91 bits per heavy atom. The van der Waals surface area contributed by atoms with E-state index in [2.05, 4.69) is 33.3 Å². The highest BCUT2D eigenvalue weighted by atomic mass is 16.5. The van der Waals surface area contributed by atoms with E-state index < -0.39 is 0 Å². The minimum absolute atomic E-state index is 0.110. The van der Waals surface area contributed by atoms with Crippen LogP contribution in [-0.4, -0.2) is 78.4 Å². The average molecular weight is 463 g/mol. The Kier molecular flexibility index (Phi) is 7.41. The number of ether oxygens (including phenoxy) is 2. The van der Waals surface area contributed by atoms with Crippen LogP contribution in [0.15, 0.2) is 48.7 Å². The second-order valence-electron chi connectivity index (χ2n) is 9.42. The van der Waals surface area contributed by atoms with Crippen molar-refractivity contribution in [3.8, 4) is 5.75 Å². The number of rotatable bonds is 7. The van der Waals surface area contributed by atoms with Crippen molar-refractivity contribution in [3.63, 3.8) is 0 Å². The van der Waals surface area contributed by atoms with Crippen LogP contribution in [0, 0.1) is 5.92 Å². The maximum Gasteiger partial charge on any atom is 0.253 e. The summed E-state index contributed by atoms with van der Waals surface area (Å²) in [5.74, 6) is 1.47. The van der Waals surface area contributed by atoms with Crippen LogP contribution in [0.3, 0.4) is 0 Å². The molecule has 5 rings (SSSR count). The normalized spacial score (nSPS) is 19.8. The molecule has 2 aromatic carbocycles. The number of aromatic amines is 1. The van der Waals surface area contributed by atoms with Gasteiger partial charge in [-0.05, 0) is 67.5 Å². The molecule has 1 N–H and O–H groups in total. The Labute approximate surface area is 201 Å². The first-order valence-corrected chi connectivity index (χ1v) is 12.5. The van der Waals surface area contributed by atoms with Crippen LogP contribution in [0.25, 0.3) is 10.9 Å². The lowest BCUT2D eigenvalue weighted by atomic mass is 9.92. The van der Waals surface area contributed by atoms with Crippen molar-refractivity contribution in [2.75, 3.05) is 52.5 Å². The predicted molar refractivity (Wildman–Crippen MR) is 132 cm³/mol. The Morgan fingerprint density at radius 2 is 2.00 bits per heavy atom. The quantitative estimate of drug-likeness (QED) is 0.579. The monoisotopic (exact) mass is 462 g/mol. The van der Waals surface area contributed by atoms with E-state index in [9.17, 15) is 4.79 Å². The van der Waals surface area contributed by atoms with E-state index in [0.717, 1.165) is 88.3 Å². The number of carbonyl (C=O) groups is 1. The van der Waals surface area contributed by atoms with Crippen molar-refractivity contribution >= 4 is 16.8 Å². The number of fused-ring (bicyclic) bond motifs is 1. The van der Waals surface area contributed by atoms with Crippen molar-refractivity contribution in [2.45, 2.75) is 25.7 Å². The van der Waals surface area contributed by atoms with Crippen LogP contribution in [0.1, 0.15) is 35.2 Å². The number of benzene rings is 2. The standard InChI is InChI=1S/C27H34N4O3/c32-27(23-4-1-5-25(19-23)34-16-13-30-11-14-33-15-12-30)31-9-2-3-21(8-10-31)17-22-6-7-26-24(18-22)20-28-29-26/h1,4-7,18-21H,2-3,8-17H2,(H,28,29). The number of nitrogens with one attached hydrogen (secondary N) is 1. The molecule has 2 saturated heterocycles. The molecule has 3 heterocycles. The van der Waals surface area contributed by atoms with Gasteiger partial charge in [0.15, 0.2) is 0 Å². The largest absolute Gasteiger partial charge is 0.492 e. The molecule has 0 saturated carbocycles. The molecule has 1 aromatic heterocycles. The molecule has 1 atom stereocenters. The number of H-pyrrole nitrogens is 1. The smallest absolute Gasteiger partial charge is 0.253 e. The third-order valence-electron chi connectivity index (χ3n) is 7.02. The van der Waals surface area contributed by atoms with E-state index in [1.807, 2.05) is 35.4 Å². The van der Waals surface area contributed by atoms with E-state index in [1.54, 1.807) is 0 Å². The fraction of sp³-hybridized carbons (Fsp3) is 0.481. The number of nitrogens with zero attached hydrogens (tertiary/aromatic N) is 3. The number of likely N-dealkylation sites (tertiary alicyclic amines) is 1. The van der Waals surface area contributed by atoms with Gasteiger partial charge in [-0.25, -0.2) is 0 Å². The highest BCUT2D eigenvalue weighted by molar-refractivity contribution is 5.94. The molecule has 0 aliphatic carbocycles. The summed E-state index contributed by atoms with van der Waals surface area (Å²) in [5.41, 5.74) is 3.14. The molecule has 1 unspecified atom stereocenters. The van der Waals surface area contributed by atoms with Crippen LogP contribution in [0.2, 0.25) is 0 Å². The molecular weight excluding hydrogens is 428 g/mol. The van der Waals surface area contributed by atoms with Gasteiger partial charge in [0.1, 0.15) is 12.4 Å². The number of hydrogen-bond donors (Lipinski definition) is 1. The molecule has 34 heavy (non-hydrogen) atoms. The van der Waals surface area contributed by atoms with Crippen LogP contribution in [0.5, 0.6) is 5.75 Å². The minimum Gasteiger partial charge on any atom is -0.492 e. The van der Waals surface area contributed by atoms with Crippen LogP contribution < -0.4 is 4.74 Å². The summed E-state index contributed by atoms with van der Waals surface area (Å²) in [5, 5.41) is 8.30. The van der Waals surface area contributed by atoms with Crippen molar-refractivity contribution in [3.05, 3.63) is 59.8 Å². The van der Waals surface area contributed by atoms with Gasteiger partial charge in [0.2, 0.25) is 0 Å². The lowest BCUT2D eigenvalue weighted by Crippen LogP contribution is -2.38. The lowest BCUT2D eigenvalue weighted by molar-refractivity contribution is 0.0322. The molecule has 2 aliphatic rings. The highest BCUT2D eigenvalue weighted by Crippen LogP contribution is 2.25. The van der Waals surface area contributed by atoms with Gasteiger partial charge >= 0.3 is 0 Å². The first-order valence-electron chi connectivity index (χ1n) is 12.5. The summed E-state index contributed by atoms with van der Waals surface area (Å²) in [6.07, 6.45) is 6.16. The van der Waals surface area contributed by atoms with Gasteiger partial charge < -0.3 is 14.4 Å². The number of carbonyl (C=O) groups excluding carboxylic acids is 1.